The third kappa shape index (κ3) is 13.7. The first-order valence-electron chi connectivity index (χ1n) is 19.4. The molecule has 0 aromatic carbocycles. The lowest BCUT2D eigenvalue weighted by Gasteiger charge is -2.48. The van der Waals surface area contributed by atoms with Crippen LogP contribution in [-0.2, 0) is 33.4 Å². The zero-order valence-corrected chi connectivity index (χ0v) is 32.0. The van der Waals surface area contributed by atoms with Crippen LogP contribution in [0.5, 0.6) is 0 Å². The van der Waals surface area contributed by atoms with E-state index in [1.807, 2.05) is 13.8 Å². The number of aliphatic hydroxyl groups is 1. The van der Waals surface area contributed by atoms with E-state index >= 15 is 0 Å². The molecule has 3 aliphatic rings. The van der Waals surface area contributed by atoms with Crippen LogP contribution in [0, 0.1) is 29.6 Å². The first-order valence-corrected chi connectivity index (χ1v) is 19.4. The number of allylic oxidation sites excluding steroid dienone is 4. The molecule has 0 saturated carbocycles. The highest BCUT2D eigenvalue weighted by Gasteiger charge is 2.44. The van der Waals surface area contributed by atoms with Gasteiger partial charge in [-0.3, -0.25) is 19.2 Å². The van der Waals surface area contributed by atoms with Crippen molar-refractivity contribution in [1.29, 1.82) is 0 Å². The fraction of sp³-hybridized carbons (Fsp3) is 0.805. The molecule has 3 aliphatic heterocycles. The fourth-order valence-electron chi connectivity index (χ4n) is 7.84. The van der Waals surface area contributed by atoms with Gasteiger partial charge in [0.1, 0.15) is 5.78 Å². The molecule has 0 radical (unpaired) electrons. The molecule has 3 heterocycles. The van der Waals surface area contributed by atoms with Gasteiger partial charge in [0.15, 0.2) is 11.6 Å². The Balaban J connectivity index is 1.36. The number of carbonyl (C=O) groups excluding carboxylic acids is 4. The van der Waals surface area contributed by atoms with Crippen LogP contribution in [0.3, 0.4) is 0 Å². The maximum atomic E-state index is 12.9. The molecule has 3 rings (SSSR count). The zero-order chi connectivity index (χ0) is 36.8. The van der Waals surface area contributed by atoms with Gasteiger partial charge in [0.25, 0.3) is 0 Å². The summed E-state index contributed by atoms with van der Waals surface area (Å²) in [5.41, 5.74) is 0.582. The molecule has 50 heavy (non-hydrogen) atoms. The summed E-state index contributed by atoms with van der Waals surface area (Å²) in [6, 6.07) is 0. The summed E-state index contributed by atoms with van der Waals surface area (Å²) in [5.74, 6) is 0.804. The summed E-state index contributed by atoms with van der Waals surface area (Å²) < 4.78 is 19.0. The van der Waals surface area contributed by atoms with Gasteiger partial charge in [-0.25, -0.2) is 0 Å². The average Bonchev–Trinajstić information content (AvgIpc) is 3.07. The van der Waals surface area contributed by atoms with Gasteiger partial charge < -0.3 is 24.6 Å². The zero-order valence-electron chi connectivity index (χ0n) is 32.0. The monoisotopic (exact) mass is 701 g/mol. The molecular weight excluding hydrogens is 634 g/mol. The van der Waals surface area contributed by atoms with Gasteiger partial charge in [-0.1, -0.05) is 39.8 Å². The van der Waals surface area contributed by atoms with E-state index in [1.165, 1.54) is 0 Å². The van der Waals surface area contributed by atoms with Crippen molar-refractivity contribution >= 4 is 23.3 Å². The van der Waals surface area contributed by atoms with Gasteiger partial charge in [-0.2, -0.15) is 0 Å². The standard InChI is InChI=1S/C41H67NO8/c1-8-10-34(44)22-36-16-13-28(3)39(49-36)23-35(45)15-17-37(46)31(6)40(47)42-20-9-11-38-29(4)18-19-41(50-38)24-33(25-48-26-41)14-12-27(2)21-30(5)32(7)43/h8,10,21,27-29,31,33,36-39,46H,9,11-20,22-26H2,1-7H3,(H,42,47)/b10-8+,30-21+. The second kappa shape index (κ2) is 20.7. The second-order valence-corrected chi connectivity index (χ2v) is 16.0. The molecule has 0 bridgehead atoms. The Hall–Kier alpha value is -2.20. The lowest BCUT2D eigenvalue weighted by Crippen LogP contribution is -2.51. The molecule has 0 aliphatic carbocycles. The van der Waals surface area contributed by atoms with E-state index in [4.69, 9.17) is 14.2 Å². The molecule has 1 amide bonds. The van der Waals surface area contributed by atoms with Gasteiger partial charge in [0.2, 0.25) is 5.91 Å². The molecule has 0 aromatic rings. The van der Waals surface area contributed by atoms with E-state index in [0.29, 0.717) is 37.3 Å². The lowest BCUT2D eigenvalue weighted by molar-refractivity contribution is -0.211. The van der Waals surface area contributed by atoms with Crippen molar-refractivity contribution in [3.05, 3.63) is 23.8 Å². The Morgan fingerprint density at radius 3 is 2.44 bits per heavy atom. The number of amides is 1. The highest BCUT2D eigenvalue weighted by Crippen LogP contribution is 2.42. The predicted octanol–water partition coefficient (Wildman–Crippen LogP) is 6.88. The third-order valence-corrected chi connectivity index (χ3v) is 11.4. The highest BCUT2D eigenvalue weighted by molar-refractivity contribution is 5.92. The number of rotatable bonds is 19. The number of ether oxygens (including phenoxy) is 3. The molecule has 3 fully saturated rings. The van der Waals surface area contributed by atoms with Crippen molar-refractivity contribution < 1.29 is 38.5 Å². The number of hydrogen-bond acceptors (Lipinski definition) is 8. The SMILES string of the molecule is C/C=C/C(=O)CC1CCC(C)C(CC(=O)CCC(O)C(C)C(=O)NCCCC2OC3(CCC2C)COCC(CCC(C)/C=C(\C)C(C)=O)C3)O1. The number of nitrogens with one attached hydrogen (secondary N) is 1. The minimum atomic E-state index is -0.909. The highest BCUT2D eigenvalue weighted by atomic mass is 16.6. The molecular formula is C41H67NO8. The Morgan fingerprint density at radius 1 is 0.980 bits per heavy atom. The minimum Gasteiger partial charge on any atom is -0.392 e. The van der Waals surface area contributed by atoms with Crippen molar-refractivity contribution in [2.45, 2.75) is 162 Å². The summed E-state index contributed by atoms with van der Waals surface area (Å²) in [5, 5.41) is 13.7. The van der Waals surface area contributed by atoms with Gasteiger partial charge in [-0.05, 0) is 120 Å². The van der Waals surface area contributed by atoms with Gasteiger partial charge in [-0.15, -0.1) is 0 Å². The number of ketones is 3. The summed E-state index contributed by atoms with van der Waals surface area (Å²) in [6.45, 7) is 15.4. The van der Waals surface area contributed by atoms with E-state index in [1.54, 1.807) is 26.0 Å². The first kappa shape index (κ1) is 42.2. The van der Waals surface area contributed by atoms with Crippen LogP contribution in [0.1, 0.15) is 132 Å². The van der Waals surface area contributed by atoms with E-state index in [-0.39, 0.29) is 72.4 Å². The van der Waals surface area contributed by atoms with Crippen LogP contribution in [0.2, 0.25) is 0 Å². The van der Waals surface area contributed by atoms with Crippen LogP contribution in [0.25, 0.3) is 0 Å². The van der Waals surface area contributed by atoms with Crippen LogP contribution in [0.15, 0.2) is 23.8 Å². The van der Waals surface area contributed by atoms with E-state index in [9.17, 15) is 24.3 Å². The van der Waals surface area contributed by atoms with Crippen molar-refractivity contribution in [3.8, 4) is 0 Å². The molecule has 3 saturated heterocycles. The lowest BCUT2D eigenvalue weighted by atomic mass is 9.77. The Labute approximate surface area is 301 Å². The second-order valence-electron chi connectivity index (χ2n) is 16.0. The predicted molar refractivity (Wildman–Crippen MR) is 196 cm³/mol. The molecule has 9 nitrogen and oxygen atoms in total. The minimum absolute atomic E-state index is 0.00876. The van der Waals surface area contributed by atoms with E-state index < -0.39 is 12.0 Å². The first-order chi connectivity index (χ1) is 23.7. The Bertz CT molecular complexity index is 1180. The molecule has 1 spiro atoms. The Kier molecular flexibility index (Phi) is 17.5. The van der Waals surface area contributed by atoms with Gasteiger partial charge >= 0.3 is 0 Å². The summed E-state index contributed by atoms with van der Waals surface area (Å²) in [6.07, 6.45) is 13.7. The topological polar surface area (TPSA) is 128 Å². The van der Waals surface area contributed by atoms with E-state index in [0.717, 1.165) is 70.0 Å². The van der Waals surface area contributed by atoms with Crippen LogP contribution >= 0.6 is 0 Å². The van der Waals surface area contributed by atoms with Crippen LogP contribution in [0.4, 0.5) is 0 Å². The van der Waals surface area contributed by atoms with Crippen LogP contribution in [-0.4, -0.2) is 78.1 Å². The number of Topliss-reactive ketones (excluding diaryl/α,β-unsaturated/α-hetero) is 2. The van der Waals surface area contributed by atoms with E-state index in [2.05, 4.69) is 32.2 Å². The molecule has 284 valence electrons. The molecule has 9 heteroatoms. The summed E-state index contributed by atoms with van der Waals surface area (Å²) >= 11 is 0. The Morgan fingerprint density at radius 2 is 1.72 bits per heavy atom. The number of carbonyl (C=O) groups is 4. The van der Waals surface area contributed by atoms with Crippen molar-refractivity contribution in [2.75, 3.05) is 19.8 Å². The maximum absolute atomic E-state index is 12.9. The quantitative estimate of drug-likeness (QED) is 0.110. The van der Waals surface area contributed by atoms with Crippen molar-refractivity contribution in [2.24, 2.45) is 29.6 Å². The smallest absolute Gasteiger partial charge is 0.225 e. The van der Waals surface area contributed by atoms with Gasteiger partial charge in [0.05, 0.1) is 42.5 Å². The number of hydrogen-bond donors (Lipinski definition) is 2. The number of aliphatic hydroxyl groups excluding tert-OH is 1. The molecule has 2 N–H and O–H groups in total. The van der Waals surface area contributed by atoms with Crippen LogP contribution < -0.4 is 5.32 Å². The van der Waals surface area contributed by atoms with Crippen molar-refractivity contribution in [1.82, 2.24) is 5.32 Å². The average molecular weight is 702 g/mol. The maximum Gasteiger partial charge on any atom is 0.225 e. The summed E-state index contributed by atoms with van der Waals surface area (Å²) in [7, 11) is 0. The molecule has 0 aromatic heterocycles. The normalized spacial score (nSPS) is 30.9. The van der Waals surface area contributed by atoms with Crippen molar-refractivity contribution in [3.63, 3.8) is 0 Å². The third-order valence-electron chi connectivity index (χ3n) is 11.4. The molecule has 10 unspecified atom stereocenters. The fourth-order valence-corrected chi connectivity index (χ4v) is 7.84. The summed E-state index contributed by atoms with van der Waals surface area (Å²) in [4.78, 5) is 49.3. The van der Waals surface area contributed by atoms with Gasteiger partial charge in [0, 0.05) is 32.4 Å². The molecule has 10 atom stereocenters. The largest absolute Gasteiger partial charge is 0.392 e.